The minimum atomic E-state index is -0.657. The van der Waals surface area contributed by atoms with Gasteiger partial charge in [0.15, 0.2) is 0 Å². The zero-order chi connectivity index (χ0) is 14.9. The monoisotopic (exact) mass is 282 g/mol. The van der Waals surface area contributed by atoms with Crippen LogP contribution in [0.4, 0.5) is 8.78 Å². The smallest absolute Gasteiger partial charge is 0.246 e. The highest BCUT2D eigenvalue weighted by molar-refractivity contribution is 6.00. The summed E-state index contributed by atoms with van der Waals surface area (Å²) in [4.78, 5) is 24.4. The largest absolute Gasteiger partial charge is 0.299 e. The molecule has 1 aromatic rings. The number of rotatable bonds is 3. The SMILES string of the molecule is CC(NC1CCC(=O)N(C)C1=O)c1cc(F)cc(F)c1. The van der Waals surface area contributed by atoms with Crippen LogP contribution in [0, 0.1) is 11.6 Å². The van der Waals surface area contributed by atoms with Gasteiger partial charge in [-0.15, -0.1) is 0 Å². The molecular weight excluding hydrogens is 266 g/mol. The second kappa shape index (κ2) is 5.66. The van der Waals surface area contributed by atoms with E-state index in [0.29, 0.717) is 12.0 Å². The summed E-state index contributed by atoms with van der Waals surface area (Å²) in [5, 5.41) is 3.01. The fourth-order valence-electron chi connectivity index (χ4n) is 2.29. The van der Waals surface area contributed by atoms with Gasteiger partial charge >= 0.3 is 0 Å². The molecule has 2 atom stereocenters. The number of benzene rings is 1. The maximum atomic E-state index is 13.2. The topological polar surface area (TPSA) is 49.4 Å². The van der Waals surface area contributed by atoms with E-state index in [1.54, 1.807) is 6.92 Å². The average Bonchev–Trinajstić information content (AvgIpc) is 2.38. The number of nitrogens with one attached hydrogen (secondary N) is 1. The predicted molar refractivity (Wildman–Crippen MR) is 68.7 cm³/mol. The zero-order valence-corrected chi connectivity index (χ0v) is 11.3. The molecular formula is C14H16F2N2O2. The third kappa shape index (κ3) is 3.01. The summed E-state index contributed by atoms with van der Waals surface area (Å²) in [7, 11) is 1.44. The van der Waals surface area contributed by atoms with Crippen molar-refractivity contribution in [3.63, 3.8) is 0 Å². The van der Waals surface area contributed by atoms with Gasteiger partial charge in [0.05, 0.1) is 6.04 Å². The highest BCUT2D eigenvalue weighted by Crippen LogP contribution is 2.19. The quantitative estimate of drug-likeness (QED) is 0.859. The Morgan fingerprint density at radius 1 is 1.25 bits per heavy atom. The lowest BCUT2D eigenvalue weighted by Gasteiger charge is -2.30. The van der Waals surface area contributed by atoms with E-state index in [1.807, 2.05) is 0 Å². The molecule has 1 fully saturated rings. The lowest BCUT2D eigenvalue weighted by molar-refractivity contribution is -0.148. The van der Waals surface area contributed by atoms with Crippen LogP contribution in [0.15, 0.2) is 18.2 Å². The number of carbonyl (C=O) groups is 2. The Morgan fingerprint density at radius 3 is 2.45 bits per heavy atom. The molecule has 2 rings (SSSR count). The Labute approximate surface area is 115 Å². The molecule has 20 heavy (non-hydrogen) atoms. The molecule has 0 radical (unpaired) electrons. The van der Waals surface area contributed by atoms with Crippen LogP contribution in [0.3, 0.4) is 0 Å². The van der Waals surface area contributed by atoms with Crippen molar-refractivity contribution in [2.45, 2.75) is 31.8 Å². The zero-order valence-electron chi connectivity index (χ0n) is 11.3. The number of halogens is 2. The van der Waals surface area contributed by atoms with Crippen molar-refractivity contribution in [3.8, 4) is 0 Å². The molecule has 2 unspecified atom stereocenters. The number of amides is 2. The van der Waals surface area contributed by atoms with Gasteiger partial charge in [-0.05, 0) is 31.0 Å². The van der Waals surface area contributed by atoms with Crippen LogP contribution in [0.5, 0.6) is 0 Å². The van der Waals surface area contributed by atoms with Crippen LogP contribution < -0.4 is 5.32 Å². The average molecular weight is 282 g/mol. The first-order chi connectivity index (χ1) is 9.38. The van der Waals surface area contributed by atoms with E-state index in [0.717, 1.165) is 11.0 Å². The number of hydrogen-bond acceptors (Lipinski definition) is 3. The van der Waals surface area contributed by atoms with Gasteiger partial charge < -0.3 is 0 Å². The van der Waals surface area contributed by atoms with E-state index in [9.17, 15) is 18.4 Å². The minimum absolute atomic E-state index is 0.211. The third-order valence-corrected chi connectivity index (χ3v) is 3.49. The van der Waals surface area contributed by atoms with Crippen LogP contribution in [-0.2, 0) is 9.59 Å². The van der Waals surface area contributed by atoms with Crippen LogP contribution in [0.2, 0.25) is 0 Å². The van der Waals surface area contributed by atoms with Crippen LogP contribution in [0.25, 0.3) is 0 Å². The van der Waals surface area contributed by atoms with Gasteiger partial charge in [-0.3, -0.25) is 19.8 Å². The van der Waals surface area contributed by atoms with E-state index in [4.69, 9.17) is 0 Å². The molecule has 1 heterocycles. The number of carbonyl (C=O) groups excluding carboxylic acids is 2. The summed E-state index contributed by atoms with van der Waals surface area (Å²) in [6.45, 7) is 1.72. The molecule has 0 spiro atoms. The van der Waals surface area contributed by atoms with Crippen molar-refractivity contribution in [3.05, 3.63) is 35.4 Å². The van der Waals surface area contributed by atoms with E-state index < -0.39 is 23.7 Å². The molecule has 108 valence electrons. The summed E-state index contributed by atoms with van der Waals surface area (Å²) < 4.78 is 26.3. The fraction of sp³-hybridized carbons (Fsp3) is 0.429. The second-order valence-corrected chi connectivity index (χ2v) is 4.97. The molecule has 0 aromatic heterocycles. The first-order valence-electron chi connectivity index (χ1n) is 6.41. The highest BCUT2D eigenvalue weighted by atomic mass is 19.1. The van der Waals surface area contributed by atoms with Gasteiger partial charge in [0.25, 0.3) is 0 Å². The van der Waals surface area contributed by atoms with Crippen molar-refractivity contribution < 1.29 is 18.4 Å². The van der Waals surface area contributed by atoms with Gasteiger partial charge in [-0.2, -0.15) is 0 Å². The predicted octanol–water partition coefficient (Wildman–Crippen LogP) is 1.76. The Hall–Kier alpha value is -1.82. The highest BCUT2D eigenvalue weighted by Gasteiger charge is 2.32. The summed E-state index contributed by atoms with van der Waals surface area (Å²) in [6.07, 6.45) is 0.675. The molecule has 6 heteroatoms. The van der Waals surface area contributed by atoms with Crippen molar-refractivity contribution in [1.82, 2.24) is 10.2 Å². The van der Waals surface area contributed by atoms with E-state index >= 15 is 0 Å². The van der Waals surface area contributed by atoms with Crippen molar-refractivity contribution in [2.75, 3.05) is 7.05 Å². The number of imide groups is 1. The Kier molecular flexibility index (Phi) is 4.13. The number of nitrogens with zero attached hydrogens (tertiary/aromatic N) is 1. The minimum Gasteiger partial charge on any atom is -0.299 e. The van der Waals surface area contributed by atoms with Crippen LogP contribution in [0.1, 0.15) is 31.4 Å². The molecule has 0 aliphatic carbocycles. The van der Waals surface area contributed by atoms with Crippen molar-refractivity contribution >= 4 is 11.8 Å². The normalized spacial score (nSPS) is 21.2. The Morgan fingerprint density at radius 2 is 1.85 bits per heavy atom. The molecule has 1 aliphatic rings. The van der Waals surface area contributed by atoms with Gasteiger partial charge in [-0.25, -0.2) is 8.78 Å². The second-order valence-electron chi connectivity index (χ2n) is 4.97. The van der Waals surface area contributed by atoms with E-state index in [1.165, 1.54) is 19.2 Å². The number of piperidine rings is 1. The Bertz CT molecular complexity index is 528. The summed E-state index contributed by atoms with van der Waals surface area (Å²) in [6, 6.07) is 2.34. The third-order valence-electron chi connectivity index (χ3n) is 3.49. The lowest BCUT2D eigenvalue weighted by atomic mass is 10.0. The van der Waals surface area contributed by atoms with Crippen molar-refractivity contribution in [2.24, 2.45) is 0 Å². The van der Waals surface area contributed by atoms with E-state index in [-0.39, 0.29) is 18.2 Å². The molecule has 4 nitrogen and oxygen atoms in total. The first kappa shape index (κ1) is 14.6. The molecule has 0 saturated carbocycles. The maximum Gasteiger partial charge on any atom is 0.246 e. The molecule has 1 aromatic carbocycles. The van der Waals surface area contributed by atoms with Gasteiger partial charge in [0, 0.05) is 25.6 Å². The molecule has 1 N–H and O–H groups in total. The maximum absolute atomic E-state index is 13.2. The van der Waals surface area contributed by atoms with Crippen LogP contribution in [-0.4, -0.2) is 29.8 Å². The van der Waals surface area contributed by atoms with E-state index in [2.05, 4.69) is 5.32 Å². The van der Waals surface area contributed by atoms with Gasteiger partial charge in [0.2, 0.25) is 11.8 Å². The van der Waals surface area contributed by atoms with Crippen molar-refractivity contribution in [1.29, 1.82) is 0 Å². The first-order valence-corrected chi connectivity index (χ1v) is 6.41. The fourth-order valence-corrected chi connectivity index (χ4v) is 2.29. The molecule has 1 saturated heterocycles. The molecule has 2 amide bonds. The summed E-state index contributed by atoms with van der Waals surface area (Å²) >= 11 is 0. The number of likely N-dealkylation sites (N-methyl/N-ethyl adjacent to an activating group) is 1. The lowest BCUT2D eigenvalue weighted by Crippen LogP contribution is -2.51. The molecule has 1 aliphatic heterocycles. The number of hydrogen-bond donors (Lipinski definition) is 1. The summed E-state index contributed by atoms with van der Waals surface area (Å²) in [5.41, 5.74) is 0.426. The standard InChI is InChI=1S/C14H16F2N2O2/c1-8(9-5-10(15)7-11(16)6-9)17-12-3-4-13(19)18(2)14(12)20/h5-8,12,17H,3-4H2,1-2H3. The number of likely N-dealkylation sites (tertiary alicyclic amines) is 1. The molecule has 0 bridgehead atoms. The van der Waals surface area contributed by atoms with Gasteiger partial charge in [0.1, 0.15) is 11.6 Å². The Balaban J connectivity index is 2.09. The summed E-state index contributed by atoms with van der Waals surface area (Å²) in [5.74, 6) is -1.84. The van der Waals surface area contributed by atoms with Gasteiger partial charge in [-0.1, -0.05) is 0 Å². The van der Waals surface area contributed by atoms with Crippen LogP contribution >= 0.6 is 0 Å².